The monoisotopic (exact) mass is 322 g/mol. The van der Waals surface area contributed by atoms with E-state index < -0.39 is 5.54 Å². The van der Waals surface area contributed by atoms with Crippen LogP contribution in [0.5, 0.6) is 0 Å². The molecule has 1 heterocycles. The summed E-state index contributed by atoms with van der Waals surface area (Å²) in [5.74, 6) is 6.40. The van der Waals surface area contributed by atoms with Crippen LogP contribution in [0.15, 0.2) is 0 Å². The van der Waals surface area contributed by atoms with E-state index in [9.17, 15) is 9.59 Å². The third-order valence-electron chi connectivity index (χ3n) is 3.70. The number of rotatable bonds is 4. The molecule has 2 amide bonds. The lowest BCUT2D eigenvalue weighted by atomic mass is 10.0. The van der Waals surface area contributed by atoms with Gasteiger partial charge in [0.25, 0.3) is 0 Å². The minimum atomic E-state index is -0.840. The predicted octanol–water partition coefficient (Wildman–Crippen LogP) is -0.0143. The van der Waals surface area contributed by atoms with Crippen LogP contribution < -0.4 is 5.73 Å². The summed E-state index contributed by atoms with van der Waals surface area (Å²) in [4.78, 5) is 29.8. The van der Waals surface area contributed by atoms with Gasteiger partial charge < -0.3 is 15.5 Å². The van der Waals surface area contributed by atoms with Crippen LogP contribution in [0.2, 0.25) is 0 Å². The summed E-state index contributed by atoms with van der Waals surface area (Å²) in [6, 6.07) is 0. The Labute approximate surface area is 140 Å². The highest BCUT2D eigenvalue weighted by atomic mass is 16.2. The maximum absolute atomic E-state index is 12.2. The Bertz CT molecular complexity index is 477. The van der Waals surface area contributed by atoms with Crippen LogP contribution in [0.1, 0.15) is 27.7 Å². The molecule has 0 aromatic carbocycles. The number of carbonyl (C=O) groups is 2. The first kappa shape index (κ1) is 19.5. The van der Waals surface area contributed by atoms with Crippen LogP contribution in [0, 0.1) is 17.8 Å². The van der Waals surface area contributed by atoms with E-state index >= 15 is 0 Å². The average molecular weight is 322 g/mol. The Morgan fingerprint density at radius 2 is 1.78 bits per heavy atom. The fourth-order valence-corrected chi connectivity index (χ4v) is 2.29. The lowest BCUT2D eigenvalue weighted by Gasteiger charge is -2.37. The van der Waals surface area contributed by atoms with Crippen molar-refractivity contribution in [1.82, 2.24) is 14.7 Å². The molecule has 0 radical (unpaired) electrons. The Kier molecular flexibility index (Phi) is 7.04. The van der Waals surface area contributed by atoms with E-state index in [4.69, 9.17) is 5.73 Å². The third-order valence-corrected chi connectivity index (χ3v) is 3.70. The molecule has 0 aliphatic carbocycles. The average Bonchev–Trinajstić information content (AvgIpc) is 2.45. The van der Waals surface area contributed by atoms with Gasteiger partial charge in [0, 0.05) is 39.1 Å². The molecule has 1 aliphatic heterocycles. The number of likely N-dealkylation sites (N-methyl/N-ethyl adjacent to an activating group) is 1. The molecule has 0 spiro atoms. The van der Waals surface area contributed by atoms with Crippen LogP contribution in [-0.4, -0.2) is 78.4 Å². The van der Waals surface area contributed by atoms with Gasteiger partial charge in [-0.1, -0.05) is 25.7 Å². The first-order valence-corrected chi connectivity index (χ1v) is 8.14. The summed E-state index contributed by atoms with van der Waals surface area (Å²) in [7, 11) is 1.77. The molecule has 0 atom stereocenters. The van der Waals surface area contributed by atoms with Gasteiger partial charge in [-0.15, -0.1) is 0 Å². The minimum absolute atomic E-state index is 0.0374. The van der Waals surface area contributed by atoms with Crippen LogP contribution in [-0.2, 0) is 9.59 Å². The largest absolute Gasteiger partial charge is 0.339 e. The zero-order valence-electron chi connectivity index (χ0n) is 15.1. The normalized spacial score (nSPS) is 16.0. The van der Waals surface area contributed by atoms with E-state index in [0.717, 1.165) is 0 Å². The highest BCUT2D eigenvalue weighted by Crippen LogP contribution is 2.09. The summed E-state index contributed by atoms with van der Waals surface area (Å²) in [6.45, 7) is 10.9. The molecule has 0 bridgehead atoms. The van der Waals surface area contributed by atoms with Crippen molar-refractivity contribution in [1.29, 1.82) is 0 Å². The van der Waals surface area contributed by atoms with Crippen molar-refractivity contribution in [3.63, 3.8) is 0 Å². The maximum atomic E-state index is 12.2. The first-order chi connectivity index (χ1) is 10.6. The number of hydrogen-bond acceptors (Lipinski definition) is 4. The summed E-state index contributed by atoms with van der Waals surface area (Å²) in [5, 5.41) is 0. The van der Waals surface area contributed by atoms with Gasteiger partial charge in [-0.25, -0.2) is 0 Å². The van der Waals surface area contributed by atoms with Crippen LogP contribution >= 0.6 is 0 Å². The molecular formula is C17H30N4O2. The van der Waals surface area contributed by atoms with Gasteiger partial charge in [0.05, 0.1) is 18.6 Å². The van der Waals surface area contributed by atoms with Crippen LogP contribution in [0.25, 0.3) is 0 Å². The SMILES string of the molecule is CC(C)C#CCN(C)C(=O)CN1CCN(C(=O)C(C)(C)N)CC1. The smallest absolute Gasteiger partial charge is 0.242 e. The molecule has 2 N–H and O–H groups in total. The number of piperazine rings is 1. The molecule has 130 valence electrons. The lowest BCUT2D eigenvalue weighted by Crippen LogP contribution is -2.57. The van der Waals surface area contributed by atoms with Crippen molar-refractivity contribution >= 4 is 11.8 Å². The van der Waals surface area contributed by atoms with Crippen molar-refractivity contribution in [2.45, 2.75) is 33.2 Å². The third kappa shape index (κ3) is 6.59. The van der Waals surface area contributed by atoms with Crippen molar-refractivity contribution < 1.29 is 9.59 Å². The Morgan fingerprint density at radius 3 is 2.26 bits per heavy atom. The van der Waals surface area contributed by atoms with Crippen molar-refractivity contribution in [3.05, 3.63) is 0 Å². The first-order valence-electron chi connectivity index (χ1n) is 8.14. The van der Waals surface area contributed by atoms with Crippen LogP contribution in [0.4, 0.5) is 0 Å². The zero-order valence-corrected chi connectivity index (χ0v) is 15.1. The quantitative estimate of drug-likeness (QED) is 0.739. The second-order valence-corrected chi connectivity index (χ2v) is 7.02. The highest BCUT2D eigenvalue weighted by Gasteiger charge is 2.30. The highest BCUT2D eigenvalue weighted by molar-refractivity contribution is 5.85. The van der Waals surface area contributed by atoms with E-state index in [-0.39, 0.29) is 11.8 Å². The Balaban J connectivity index is 2.40. The molecule has 0 saturated carbocycles. The maximum Gasteiger partial charge on any atom is 0.242 e. The number of nitrogens with zero attached hydrogens (tertiary/aromatic N) is 3. The second-order valence-electron chi connectivity index (χ2n) is 7.02. The van der Waals surface area contributed by atoms with Gasteiger partial charge in [0.1, 0.15) is 0 Å². The van der Waals surface area contributed by atoms with Crippen molar-refractivity contribution in [2.75, 3.05) is 46.3 Å². The van der Waals surface area contributed by atoms with E-state index in [1.165, 1.54) is 0 Å². The molecular weight excluding hydrogens is 292 g/mol. The van der Waals surface area contributed by atoms with Crippen molar-refractivity contribution in [3.8, 4) is 11.8 Å². The van der Waals surface area contributed by atoms with Gasteiger partial charge in [0.2, 0.25) is 11.8 Å². The number of amides is 2. The summed E-state index contributed by atoms with van der Waals surface area (Å²) < 4.78 is 0. The molecule has 1 saturated heterocycles. The molecule has 1 aliphatic rings. The summed E-state index contributed by atoms with van der Waals surface area (Å²) in [6.07, 6.45) is 0. The van der Waals surface area contributed by atoms with E-state index in [0.29, 0.717) is 45.2 Å². The summed E-state index contributed by atoms with van der Waals surface area (Å²) in [5.41, 5.74) is 5.01. The lowest BCUT2D eigenvalue weighted by molar-refractivity contribution is -0.138. The molecule has 1 rings (SSSR count). The van der Waals surface area contributed by atoms with Gasteiger partial charge in [0.15, 0.2) is 0 Å². The molecule has 23 heavy (non-hydrogen) atoms. The fourth-order valence-electron chi connectivity index (χ4n) is 2.29. The van der Waals surface area contributed by atoms with E-state index in [1.807, 2.05) is 13.8 Å². The van der Waals surface area contributed by atoms with Gasteiger partial charge in [-0.3, -0.25) is 14.5 Å². The molecule has 6 heteroatoms. The molecule has 0 unspecified atom stereocenters. The molecule has 1 fully saturated rings. The standard InChI is InChI=1S/C17H30N4O2/c1-14(2)7-6-8-19(5)15(22)13-20-9-11-21(12-10-20)16(23)17(3,4)18/h14H,8-13,18H2,1-5H3. The van der Waals surface area contributed by atoms with E-state index in [1.54, 1.807) is 30.7 Å². The molecule has 6 nitrogen and oxygen atoms in total. The Morgan fingerprint density at radius 1 is 1.22 bits per heavy atom. The number of carbonyl (C=O) groups excluding carboxylic acids is 2. The predicted molar refractivity (Wildman–Crippen MR) is 91.5 cm³/mol. The Hall–Kier alpha value is -1.58. The van der Waals surface area contributed by atoms with Crippen molar-refractivity contribution in [2.24, 2.45) is 11.7 Å². The number of nitrogens with two attached hydrogens (primary N) is 1. The van der Waals surface area contributed by atoms with E-state index in [2.05, 4.69) is 16.7 Å². The van der Waals surface area contributed by atoms with Crippen LogP contribution in [0.3, 0.4) is 0 Å². The minimum Gasteiger partial charge on any atom is -0.339 e. The van der Waals surface area contributed by atoms with Gasteiger partial charge >= 0.3 is 0 Å². The number of hydrogen-bond donors (Lipinski definition) is 1. The second kappa shape index (κ2) is 8.32. The zero-order chi connectivity index (χ0) is 17.6. The molecule has 0 aromatic rings. The molecule has 0 aromatic heterocycles. The van der Waals surface area contributed by atoms with Gasteiger partial charge in [-0.05, 0) is 13.8 Å². The fraction of sp³-hybridized carbons (Fsp3) is 0.765. The van der Waals surface area contributed by atoms with Gasteiger partial charge in [-0.2, -0.15) is 0 Å². The topological polar surface area (TPSA) is 69.9 Å². The summed E-state index contributed by atoms with van der Waals surface area (Å²) >= 11 is 0.